The number of rotatable bonds is 5. The molecule has 0 spiro atoms. The monoisotopic (exact) mass is 498 g/mol. The Morgan fingerprint density at radius 3 is 2.62 bits per heavy atom. The highest BCUT2D eigenvalue weighted by molar-refractivity contribution is 14.0. The van der Waals surface area contributed by atoms with Crippen LogP contribution in [0.25, 0.3) is 0 Å². The maximum absolute atomic E-state index is 6.20. The van der Waals surface area contributed by atoms with Crippen LogP contribution < -0.4 is 11.1 Å². The van der Waals surface area contributed by atoms with Crippen LogP contribution in [0.15, 0.2) is 28.6 Å². The van der Waals surface area contributed by atoms with Gasteiger partial charge in [0.2, 0.25) is 0 Å². The smallest absolute Gasteiger partial charge is 0.189 e. The predicted octanol–water partition coefficient (Wildman–Crippen LogP) is 5.36. The van der Waals surface area contributed by atoms with Crippen LogP contribution in [0.3, 0.4) is 0 Å². The molecule has 0 fully saturated rings. The molecule has 1 heterocycles. The first-order valence-electron chi connectivity index (χ1n) is 7.32. The summed E-state index contributed by atoms with van der Waals surface area (Å²) in [4.78, 5) is 8.87. The molecule has 1 unspecified atom stereocenters. The van der Waals surface area contributed by atoms with Gasteiger partial charge >= 0.3 is 0 Å². The van der Waals surface area contributed by atoms with E-state index in [9.17, 15) is 0 Å². The van der Waals surface area contributed by atoms with E-state index in [4.69, 9.17) is 28.9 Å². The van der Waals surface area contributed by atoms with E-state index in [1.807, 2.05) is 18.4 Å². The number of nitrogens with zero attached hydrogens (tertiary/aromatic N) is 2. The van der Waals surface area contributed by atoms with Crippen LogP contribution in [0.1, 0.15) is 49.0 Å². The first-order chi connectivity index (χ1) is 10.9. The van der Waals surface area contributed by atoms with Crippen LogP contribution >= 0.6 is 58.5 Å². The van der Waals surface area contributed by atoms with Gasteiger partial charge < -0.3 is 11.1 Å². The number of nitrogens with two attached hydrogens (primary N) is 1. The molecule has 0 bridgehead atoms. The number of thiazole rings is 1. The van der Waals surface area contributed by atoms with Gasteiger partial charge in [-0.1, -0.05) is 43.1 Å². The second-order valence-corrected chi connectivity index (χ2v) is 7.30. The Balaban J connectivity index is 0.00000288. The Morgan fingerprint density at radius 2 is 2.04 bits per heavy atom. The zero-order valence-electron chi connectivity index (χ0n) is 13.7. The van der Waals surface area contributed by atoms with Crippen molar-refractivity contribution < 1.29 is 0 Å². The van der Waals surface area contributed by atoms with Crippen LogP contribution in [0.5, 0.6) is 0 Å². The van der Waals surface area contributed by atoms with E-state index >= 15 is 0 Å². The van der Waals surface area contributed by atoms with Gasteiger partial charge in [-0.25, -0.2) is 9.98 Å². The molecule has 0 aliphatic carbocycles. The molecule has 0 radical (unpaired) electrons. The van der Waals surface area contributed by atoms with Gasteiger partial charge in [-0.05, 0) is 24.6 Å². The Bertz CT molecular complexity index is 703. The van der Waals surface area contributed by atoms with Gasteiger partial charge in [-0.3, -0.25) is 0 Å². The molecular weight excluding hydrogens is 478 g/mol. The van der Waals surface area contributed by atoms with Crippen LogP contribution in [0, 0.1) is 0 Å². The van der Waals surface area contributed by atoms with Crippen molar-refractivity contribution in [2.45, 2.75) is 39.3 Å². The van der Waals surface area contributed by atoms with Gasteiger partial charge in [0, 0.05) is 21.3 Å². The van der Waals surface area contributed by atoms with Crippen LogP contribution in [0.2, 0.25) is 10.0 Å². The third kappa shape index (κ3) is 6.06. The molecule has 0 amide bonds. The Kier molecular flexibility index (Phi) is 8.76. The summed E-state index contributed by atoms with van der Waals surface area (Å²) in [6.07, 6.45) is 0. The van der Waals surface area contributed by atoms with Crippen molar-refractivity contribution in [3.8, 4) is 0 Å². The zero-order valence-corrected chi connectivity index (χ0v) is 18.4. The van der Waals surface area contributed by atoms with Gasteiger partial charge in [0.25, 0.3) is 0 Å². The molecule has 132 valence electrons. The van der Waals surface area contributed by atoms with Gasteiger partial charge in [0.05, 0.1) is 23.3 Å². The minimum Gasteiger partial charge on any atom is -0.370 e. The molecule has 1 atom stereocenters. The lowest BCUT2D eigenvalue weighted by atomic mass is 10.1. The molecule has 0 saturated carbocycles. The van der Waals surface area contributed by atoms with E-state index in [0.29, 0.717) is 28.5 Å². The molecule has 0 aliphatic rings. The van der Waals surface area contributed by atoms with Crippen molar-refractivity contribution in [2.75, 3.05) is 0 Å². The lowest BCUT2D eigenvalue weighted by Crippen LogP contribution is -2.34. The fourth-order valence-electron chi connectivity index (χ4n) is 2.02. The highest BCUT2D eigenvalue weighted by atomic mass is 127. The van der Waals surface area contributed by atoms with E-state index < -0.39 is 0 Å². The van der Waals surface area contributed by atoms with Gasteiger partial charge in [0.15, 0.2) is 5.96 Å². The normalized spacial score (nSPS) is 12.8. The summed E-state index contributed by atoms with van der Waals surface area (Å²) in [5.41, 5.74) is 7.80. The molecule has 3 N–H and O–H groups in total. The van der Waals surface area contributed by atoms with Crippen molar-refractivity contribution in [2.24, 2.45) is 10.7 Å². The Labute approximate surface area is 173 Å². The summed E-state index contributed by atoms with van der Waals surface area (Å²) in [6, 6.07) is 5.33. The number of hydrogen-bond donors (Lipinski definition) is 2. The average Bonchev–Trinajstić information content (AvgIpc) is 2.94. The number of nitrogens with one attached hydrogen (secondary N) is 1. The second-order valence-electron chi connectivity index (χ2n) is 5.57. The number of hydrogen-bond acceptors (Lipinski definition) is 3. The fourth-order valence-corrected chi connectivity index (χ4v) is 3.42. The van der Waals surface area contributed by atoms with Gasteiger partial charge in [-0.2, -0.15) is 0 Å². The first kappa shape index (κ1) is 21.5. The first-order valence-corrected chi connectivity index (χ1v) is 8.96. The Morgan fingerprint density at radius 1 is 1.33 bits per heavy atom. The number of benzene rings is 1. The average molecular weight is 499 g/mol. The van der Waals surface area contributed by atoms with E-state index in [1.54, 1.807) is 23.5 Å². The lowest BCUT2D eigenvalue weighted by Gasteiger charge is -2.16. The topological polar surface area (TPSA) is 63.3 Å². The molecule has 24 heavy (non-hydrogen) atoms. The van der Waals surface area contributed by atoms with E-state index in [0.717, 1.165) is 16.3 Å². The van der Waals surface area contributed by atoms with Crippen LogP contribution in [-0.4, -0.2) is 10.9 Å². The second kappa shape index (κ2) is 9.79. The van der Waals surface area contributed by atoms with Crippen molar-refractivity contribution in [1.82, 2.24) is 10.3 Å². The summed E-state index contributed by atoms with van der Waals surface area (Å²) in [6.45, 7) is 6.68. The van der Waals surface area contributed by atoms with Gasteiger partial charge in [-0.15, -0.1) is 35.3 Å². The van der Waals surface area contributed by atoms with Crippen molar-refractivity contribution >= 4 is 64.5 Å². The third-order valence-corrected chi connectivity index (χ3v) is 5.02. The largest absolute Gasteiger partial charge is 0.370 e. The Hall–Kier alpha value is -0.570. The number of halogens is 3. The number of aliphatic imine (C=N–C) groups is 1. The summed E-state index contributed by atoms with van der Waals surface area (Å²) in [5.74, 6) is 0.794. The molecule has 0 saturated heterocycles. The molecule has 0 aliphatic heterocycles. The molecular formula is C16H21Cl2IN4S. The molecule has 8 heteroatoms. The summed E-state index contributed by atoms with van der Waals surface area (Å²) < 4.78 is 0. The maximum Gasteiger partial charge on any atom is 0.189 e. The van der Waals surface area contributed by atoms with Crippen LogP contribution in [0.4, 0.5) is 0 Å². The zero-order chi connectivity index (χ0) is 17.0. The number of guanidine groups is 1. The van der Waals surface area contributed by atoms with E-state index in [1.165, 1.54) is 0 Å². The van der Waals surface area contributed by atoms with Crippen molar-refractivity contribution in [3.63, 3.8) is 0 Å². The van der Waals surface area contributed by atoms with E-state index in [-0.39, 0.29) is 30.0 Å². The highest BCUT2D eigenvalue weighted by Crippen LogP contribution is 2.26. The lowest BCUT2D eigenvalue weighted by molar-refractivity contribution is 0.707. The summed E-state index contributed by atoms with van der Waals surface area (Å²) >= 11 is 13.8. The van der Waals surface area contributed by atoms with Gasteiger partial charge in [0.1, 0.15) is 0 Å². The summed E-state index contributed by atoms with van der Waals surface area (Å²) in [5, 5.41) is 7.48. The SMILES string of the molecule is CC(C)c1nc(CN=C(N)NC(C)c2ccc(Cl)cc2Cl)cs1.I. The fraction of sp³-hybridized carbons (Fsp3) is 0.375. The minimum absolute atomic E-state index is 0. The van der Waals surface area contributed by atoms with Crippen LogP contribution in [-0.2, 0) is 6.54 Å². The predicted molar refractivity (Wildman–Crippen MR) is 115 cm³/mol. The quantitative estimate of drug-likeness (QED) is 0.331. The molecule has 1 aromatic heterocycles. The molecule has 2 rings (SSSR count). The van der Waals surface area contributed by atoms with E-state index in [2.05, 4.69) is 29.1 Å². The number of aromatic nitrogens is 1. The minimum atomic E-state index is -0.0647. The highest BCUT2D eigenvalue weighted by Gasteiger charge is 2.11. The molecule has 1 aromatic carbocycles. The van der Waals surface area contributed by atoms with Crippen molar-refractivity contribution in [3.05, 3.63) is 49.9 Å². The molecule has 2 aromatic rings. The molecule has 4 nitrogen and oxygen atoms in total. The van der Waals surface area contributed by atoms with Crippen molar-refractivity contribution in [1.29, 1.82) is 0 Å². The summed E-state index contributed by atoms with van der Waals surface area (Å²) in [7, 11) is 0. The third-order valence-electron chi connectivity index (χ3n) is 3.27. The standard InChI is InChI=1S/C16H20Cl2N4S.HI/c1-9(2)15-22-12(8-23-15)7-20-16(19)21-10(3)13-5-4-11(17)6-14(13)18;/h4-6,8-10H,7H2,1-3H3,(H3,19,20,21);1H. The maximum atomic E-state index is 6.20.